The molecule has 0 bridgehead atoms. The smallest absolute Gasteiger partial charge is 0.273 e. The van der Waals surface area contributed by atoms with Crippen LogP contribution in [0.2, 0.25) is 5.02 Å². The second kappa shape index (κ2) is 6.69. The molecule has 0 saturated heterocycles. The molecule has 0 aliphatic rings. The molecule has 0 saturated carbocycles. The van der Waals surface area contributed by atoms with Crippen LogP contribution in [0.4, 0.5) is 0 Å². The highest BCUT2D eigenvalue weighted by atomic mass is 35.5. The number of amides is 1. The maximum Gasteiger partial charge on any atom is 0.273 e. The molecule has 1 aromatic carbocycles. The number of rotatable bonds is 5. The number of hydrogen-bond donors (Lipinski definition) is 2. The molecular formula is C14H17ClN4O2. The first-order valence-corrected chi connectivity index (χ1v) is 7.00. The van der Waals surface area contributed by atoms with Gasteiger partial charge in [-0.25, -0.2) is 4.68 Å². The van der Waals surface area contributed by atoms with E-state index in [1.54, 1.807) is 12.1 Å². The van der Waals surface area contributed by atoms with Crippen molar-refractivity contribution in [3.8, 4) is 5.69 Å². The lowest BCUT2D eigenvalue weighted by atomic mass is 10.1. The molecule has 0 radical (unpaired) electrons. The molecule has 0 aliphatic heterocycles. The molecule has 1 aromatic heterocycles. The van der Waals surface area contributed by atoms with Crippen LogP contribution in [-0.4, -0.2) is 38.7 Å². The van der Waals surface area contributed by atoms with Gasteiger partial charge in [0.05, 0.1) is 23.0 Å². The lowest BCUT2D eigenvalue weighted by molar-refractivity contribution is 0.0867. The summed E-state index contributed by atoms with van der Waals surface area (Å²) in [4.78, 5) is 11.9. The summed E-state index contributed by atoms with van der Waals surface area (Å²) in [5, 5.41) is 20.5. The van der Waals surface area contributed by atoms with Gasteiger partial charge < -0.3 is 10.4 Å². The molecule has 1 atom stereocenters. The Morgan fingerprint density at radius 2 is 2.14 bits per heavy atom. The van der Waals surface area contributed by atoms with Crippen molar-refractivity contribution in [3.63, 3.8) is 0 Å². The lowest BCUT2D eigenvalue weighted by Crippen LogP contribution is -2.34. The minimum absolute atomic E-state index is 0.0732. The quantitative estimate of drug-likeness (QED) is 0.880. The summed E-state index contributed by atoms with van der Waals surface area (Å²) in [7, 11) is 0. The minimum Gasteiger partial charge on any atom is -0.391 e. The van der Waals surface area contributed by atoms with Crippen LogP contribution in [-0.2, 0) is 0 Å². The number of benzene rings is 1. The van der Waals surface area contributed by atoms with E-state index in [1.165, 1.54) is 10.9 Å². The largest absolute Gasteiger partial charge is 0.391 e. The molecule has 1 amide bonds. The highest BCUT2D eigenvalue weighted by molar-refractivity contribution is 6.32. The van der Waals surface area contributed by atoms with E-state index in [4.69, 9.17) is 11.6 Å². The van der Waals surface area contributed by atoms with E-state index in [1.807, 2.05) is 26.0 Å². The van der Waals surface area contributed by atoms with Crippen LogP contribution in [0.15, 0.2) is 30.5 Å². The number of para-hydroxylation sites is 1. The van der Waals surface area contributed by atoms with Crippen LogP contribution < -0.4 is 5.32 Å². The summed E-state index contributed by atoms with van der Waals surface area (Å²) in [5.74, 6) is -0.308. The second-order valence-corrected chi connectivity index (χ2v) is 5.43. The van der Waals surface area contributed by atoms with Crippen molar-refractivity contribution < 1.29 is 9.90 Å². The fourth-order valence-electron chi connectivity index (χ4n) is 1.65. The number of aromatic nitrogens is 3. The Bertz CT molecular complexity index is 627. The first kappa shape index (κ1) is 15.5. The third kappa shape index (κ3) is 3.80. The molecular weight excluding hydrogens is 292 g/mol. The van der Waals surface area contributed by atoms with Gasteiger partial charge in [-0.3, -0.25) is 4.79 Å². The fraction of sp³-hybridized carbons (Fsp3) is 0.357. The standard InChI is InChI=1S/C14H17ClN4O2/c1-9(2)13(20)7-16-14(21)11-8-19(18-17-11)12-6-4-3-5-10(12)15/h3-6,8-9,13,20H,7H2,1-2H3,(H,16,21). The zero-order chi connectivity index (χ0) is 15.4. The Balaban J connectivity index is 2.06. The molecule has 1 unspecified atom stereocenters. The zero-order valence-electron chi connectivity index (χ0n) is 11.8. The molecule has 1 heterocycles. The van der Waals surface area contributed by atoms with Crippen molar-refractivity contribution >= 4 is 17.5 Å². The average molecular weight is 309 g/mol. The summed E-state index contributed by atoms with van der Waals surface area (Å²) < 4.78 is 1.44. The second-order valence-electron chi connectivity index (χ2n) is 5.02. The van der Waals surface area contributed by atoms with E-state index in [0.717, 1.165) is 0 Å². The van der Waals surface area contributed by atoms with Gasteiger partial charge in [0.2, 0.25) is 0 Å². The van der Waals surface area contributed by atoms with Crippen molar-refractivity contribution in [2.24, 2.45) is 5.92 Å². The van der Waals surface area contributed by atoms with Gasteiger partial charge in [0.25, 0.3) is 5.91 Å². The third-order valence-corrected chi connectivity index (χ3v) is 3.39. The van der Waals surface area contributed by atoms with Crippen molar-refractivity contribution in [1.29, 1.82) is 0 Å². The number of halogens is 1. The number of carbonyl (C=O) groups excluding carboxylic acids is 1. The first-order valence-electron chi connectivity index (χ1n) is 6.62. The predicted molar refractivity (Wildman–Crippen MR) is 79.5 cm³/mol. The van der Waals surface area contributed by atoms with Gasteiger partial charge in [-0.1, -0.05) is 42.8 Å². The molecule has 0 fully saturated rings. The van der Waals surface area contributed by atoms with Crippen LogP contribution >= 0.6 is 11.6 Å². The van der Waals surface area contributed by atoms with Gasteiger partial charge in [0, 0.05) is 6.54 Å². The predicted octanol–water partition coefficient (Wildman–Crippen LogP) is 1.67. The van der Waals surface area contributed by atoms with Crippen molar-refractivity contribution in [1.82, 2.24) is 20.3 Å². The summed E-state index contributed by atoms with van der Waals surface area (Å²) in [6, 6.07) is 7.14. The van der Waals surface area contributed by atoms with E-state index in [-0.39, 0.29) is 24.1 Å². The summed E-state index contributed by atoms with van der Waals surface area (Å²) in [5.41, 5.74) is 0.818. The average Bonchev–Trinajstić information content (AvgIpc) is 2.94. The Kier molecular flexibility index (Phi) is 4.93. The van der Waals surface area contributed by atoms with Crippen LogP contribution in [0.3, 0.4) is 0 Å². The molecule has 0 aliphatic carbocycles. The molecule has 2 aromatic rings. The van der Waals surface area contributed by atoms with Gasteiger partial charge in [-0.15, -0.1) is 5.10 Å². The Morgan fingerprint density at radius 1 is 1.43 bits per heavy atom. The highest BCUT2D eigenvalue weighted by Crippen LogP contribution is 2.18. The normalized spacial score (nSPS) is 12.4. The lowest BCUT2D eigenvalue weighted by Gasteiger charge is -2.14. The van der Waals surface area contributed by atoms with Crippen LogP contribution in [0.1, 0.15) is 24.3 Å². The molecule has 0 spiro atoms. The summed E-state index contributed by atoms with van der Waals surface area (Å²) >= 11 is 6.06. The molecule has 21 heavy (non-hydrogen) atoms. The van der Waals surface area contributed by atoms with Gasteiger partial charge in [0.1, 0.15) is 0 Å². The monoisotopic (exact) mass is 308 g/mol. The van der Waals surface area contributed by atoms with Crippen molar-refractivity contribution in [2.45, 2.75) is 20.0 Å². The number of aliphatic hydroxyl groups excluding tert-OH is 1. The van der Waals surface area contributed by atoms with Gasteiger partial charge in [-0.2, -0.15) is 0 Å². The van der Waals surface area contributed by atoms with E-state index in [0.29, 0.717) is 10.7 Å². The maximum absolute atomic E-state index is 11.9. The van der Waals surface area contributed by atoms with Crippen molar-refractivity contribution in [3.05, 3.63) is 41.2 Å². The summed E-state index contributed by atoms with van der Waals surface area (Å²) in [6.07, 6.45) is 0.908. The Labute approximate surface area is 127 Å². The van der Waals surface area contributed by atoms with E-state index in [2.05, 4.69) is 15.6 Å². The number of nitrogens with zero attached hydrogens (tertiary/aromatic N) is 3. The SMILES string of the molecule is CC(C)C(O)CNC(=O)c1cn(-c2ccccc2Cl)nn1. The Morgan fingerprint density at radius 3 is 2.81 bits per heavy atom. The minimum atomic E-state index is -0.590. The topological polar surface area (TPSA) is 80.0 Å². The number of aliphatic hydroxyl groups is 1. The van der Waals surface area contributed by atoms with E-state index >= 15 is 0 Å². The van der Waals surface area contributed by atoms with Crippen LogP contribution in [0.5, 0.6) is 0 Å². The molecule has 7 heteroatoms. The first-order chi connectivity index (χ1) is 9.99. The summed E-state index contributed by atoms with van der Waals surface area (Å²) in [6.45, 7) is 3.93. The van der Waals surface area contributed by atoms with Crippen LogP contribution in [0.25, 0.3) is 5.69 Å². The fourth-order valence-corrected chi connectivity index (χ4v) is 1.87. The van der Waals surface area contributed by atoms with Gasteiger partial charge in [0.15, 0.2) is 5.69 Å². The molecule has 2 rings (SSSR count). The third-order valence-electron chi connectivity index (χ3n) is 3.07. The zero-order valence-corrected chi connectivity index (χ0v) is 12.6. The Hall–Kier alpha value is -1.92. The molecule has 112 valence electrons. The maximum atomic E-state index is 11.9. The van der Waals surface area contributed by atoms with E-state index in [9.17, 15) is 9.90 Å². The highest BCUT2D eigenvalue weighted by Gasteiger charge is 2.15. The number of hydrogen-bond acceptors (Lipinski definition) is 4. The van der Waals surface area contributed by atoms with Gasteiger partial charge >= 0.3 is 0 Å². The molecule has 6 nitrogen and oxygen atoms in total. The number of nitrogens with one attached hydrogen (secondary N) is 1. The van der Waals surface area contributed by atoms with E-state index < -0.39 is 6.10 Å². The molecule has 2 N–H and O–H groups in total. The van der Waals surface area contributed by atoms with Crippen molar-refractivity contribution in [2.75, 3.05) is 6.54 Å². The van der Waals surface area contributed by atoms with Gasteiger partial charge in [-0.05, 0) is 18.1 Å². The van der Waals surface area contributed by atoms with Crippen LogP contribution in [0, 0.1) is 5.92 Å². The number of carbonyl (C=O) groups is 1.